The van der Waals surface area contributed by atoms with Crippen LogP contribution in [-0.4, -0.2) is 44.3 Å². The Kier molecular flexibility index (Phi) is 6.22. The van der Waals surface area contributed by atoms with Crippen LogP contribution in [0.1, 0.15) is 32.6 Å². The zero-order valence-electron chi connectivity index (χ0n) is 10.2. The fourth-order valence-corrected chi connectivity index (χ4v) is 2.59. The second-order valence-corrected chi connectivity index (χ2v) is 4.53. The summed E-state index contributed by atoms with van der Waals surface area (Å²) in [6.45, 7) is 5.47. The quantitative estimate of drug-likeness (QED) is 0.652. The lowest BCUT2D eigenvalue weighted by Crippen LogP contribution is -2.44. The molecule has 0 aromatic rings. The highest BCUT2D eigenvalue weighted by molar-refractivity contribution is 4.82. The lowest BCUT2D eigenvalue weighted by Gasteiger charge is -2.31. The number of nitrogens with zero attached hydrogens (tertiary/aromatic N) is 1. The summed E-state index contributed by atoms with van der Waals surface area (Å²) in [5.74, 6) is 0.821. The zero-order valence-corrected chi connectivity index (χ0v) is 10.2. The summed E-state index contributed by atoms with van der Waals surface area (Å²) < 4.78 is 5.38. The Morgan fingerprint density at radius 2 is 2.07 bits per heavy atom. The van der Waals surface area contributed by atoms with Crippen LogP contribution in [0.25, 0.3) is 0 Å². The SMILES string of the molecule is CCOCCN(C)C(CN)C1CCCC1. The molecule has 15 heavy (non-hydrogen) atoms. The smallest absolute Gasteiger partial charge is 0.0593 e. The van der Waals surface area contributed by atoms with Gasteiger partial charge in [-0.05, 0) is 32.7 Å². The summed E-state index contributed by atoms with van der Waals surface area (Å²) in [6, 6.07) is 0.563. The van der Waals surface area contributed by atoms with Gasteiger partial charge in [0.2, 0.25) is 0 Å². The minimum atomic E-state index is 0.563. The molecule has 2 N–H and O–H groups in total. The van der Waals surface area contributed by atoms with Gasteiger partial charge in [-0.25, -0.2) is 0 Å². The summed E-state index contributed by atoms with van der Waals surface area (Å²) >= 11 is 0. The molecule has 3 nitrogen and oxygen atoms in total. The zero-order chi connectivity index (χ0) is 11.1. The molecule has 1 saturated carbocycles. The minimum absolute atomic E-state index is 0.563. The van der Waals surface area contributed by atoms with Gasteiger partial charge in [-0.15, -0.1) is 0 Å². The second kappa shape index (κ2) is 7.20. The highest BCUT2D eigenvalue weighted by Gasteiger charge is 2.26. The van der Waals surface area contributed by atoms with Crippen molar-refractivity contribution in [3.05, 3.63) is 0 Å². The second-order valence-electron chi connectivity index (χ2n) is 4.53. The first-order chi connectivity index (χ1) is 7.29. The van der Waals surface area contributed by atoms with Crippen LogP contribution < -0.4 is 5.73 Å². The molecule has 0 spiro atoms. The fraction of sp³-hybridized carbons (Fsp3) is 1.00. The van der Waals surface area contributed by atoms with E-state index in [0.717, 1.165) is 32.2 Å². The van der Waals surface area contributed by atoms with Crippen molar-refractivity contribution in [1.82, 2.24) is 4.90 Å². The maximum absolute atomic E-state index is 5.88. The molecular formula is C12H26N2O. The fourth-order valence-electron chi connectivity index (χ4n) is 2.59. The predicted molar refractivity (Wildman–Crippen MR) is 63.9 cm³/mol. The van der Waals surface area contributed by atoms with E-state index in [1.165, 1.54) is 25.7 Å². The van der Waals surface area contributed by atoms with Gasteiger partial charge in [0, 0.05) is 25.7 Å². The Labute approximate surface area is 94.0 Å². The summed E-state index contributed by atoms with van der Waals surface area (Å²) in [5, 5.41) is 0. The predicted octanol–water partition coefficient (Wildman–Crippen LogP) is 1.47. The number of ether oxygens (including phenoxy) is 1. The Balaban J connectivity index is 2.28. The van der Waals surface area contributed by atoms with E-state index in [1.807, 2.05) is 6.92 Å². The summed E-state index contributed by atoms with van der Waals surface area (Å²) in [4.78, 5) is 2.38. The normalized spacial score (nSPS) is 20.0. The third kappa shape index (κ3) is 4.09. The number of rotatable bonds is 7. The highest BCUT2D eigenvalue weighted by atomic mass is 16.5. The number of nitrogens with two attached hydrogens (primary N) is 1. The van der Waals surface area contributed by atoms with E-state index in [0.29, 0.717) is 6.04 Å². The molecule has 1 rings (SSSR count). The molecule has 0 radical (unpaired) electrons. The Morgan fingerprint density at radius 3 is 2.60 bits per heavy atom. The van der Waals surface area contributed by atoms with Crippen LogP contribution in [0.3, 0.4) is 0 Å². The molecule has 3 heteroatoms. The van der Waals surface area contributed by atoms with E-state index in [4.69, 9.17) is 10.5 Å². The van der Waals surface area contributed by atoms with Gasteiger partial charge in [0.15, 0.2) is 0 Å². The van der Waals surface area contributed by atoms with Crippen molar-refractivity contribution in [2.24, 2.45) is 11.7 Å². The van der Waals surface area contributed by atoms with E-state index >= 15 is 0 Å². The molecule has 0 bridgehead atoms. The maximum atomic E-state index is 5.88. The molecule has 0 aliphatic heterocycles. The Hall–Kier alpha value is -0.120. The van der Waals surface area contributed by atoms with Crippen LogP contribution in [0, 0.1) is 5.92 Å². The molecule has 0 amide bonds. The van der Waals surface area contributed by atoms with E-state index in [1.54, 1.807) is 0 Å². The molecule has 1 aliphatic rings. The summed E-state index contributed by atoms with van der Waals surface area (Å²) in [7, 11) is 2.18. The highest BCUT2D eigenvalue weighted by Crippen LogP contribution is 2.29. The third-order valence-electron chi connectivity index (χ3n) is 3.54. The van der Waals surface area contributed by atoms with Crippen LogP contribution in [0.4, 0.5) is 0 Å². The Morgan fingerprint density at radius 1 is 1.40 bits per heavy atom. The average Bonchev–Trinajstić information content (AvgIpc) is 2.73. The van der Waals surface area contributed by atoms with Crippen molar-refractivity contribution in [3.63, 3.8) is 0 Å². The molecule has 0 saturated heterocycles. The third-order valence-corrected chi connectivity index (χ3v) is 3.54. The molecule has 90 valence electrons. The maximum Gasteiger partial charge on any atom is 0.0593 e. The van der Waals surface area contributed by atoms with Gasteiger partial charge in [0.05, 0.1) is 6.61 Å². The van der Waals surface area contributed by atoms with Gasteiger partial charge < -0.3 is 10.5 Å². The van der Waals surface area contributed by atoms with Crippen molar-refractivity contribution in [3.8, 4) is 0 Å². The molecule has 1 unspecified atom stereocenters. The first kappa shape index (κ1) is 12.9. The van der Waals surface area contributed by atoms with Gasteiger partial charge in [0.1, 0.15) is 0 Å². The largest absolute Gasteiger partial charge is 0.380 e. The number of hydrogen-bond donors (Lipinski definition) is 1. The minimum Gasteiger partial charge on any atom is -0.380 e. The first-order valence-electron chi connectivity index (χ1n) is 6.27. The average molecular weight is 214 g/mol. The van der Waals surface area contributed by atoms with Crippen LogP contribution >= 0.6 is 0 Å². The van der Waals surface area contributed by atoms with Gasteiger partial charge in [0.25, 0.3) is 0 Å². The summed E-state index contributed by atoms with van der Waals surface area (Å²) in [5.41, 5.74) is 5.88. The van der Waals surface area contributed by atoms with E-state index in [9.17, 15) is 0 Å². The lowest BCUT2D eigenvalue weighted by molar-refractivity contribution is 0.0941. The van der Waals surface area contributed by atoms with Crippen molar-refractivity contribution in [1.29, 1.82) is 0 Å². The first-order valence-corrected chi connectivity index (χ1v) is 6.27. The molecule has 1 atom stereocenters. The van der Waals surface area contributed by atoms with Crippen LogP contribution in [0.15, 0.2) is 0 Å². The number of likely N-dealkylation sites (N-methyl/N-ethyl adjacent to an activating group) is 1. The number of hydrogen-bond acceptors (Lipinski definition) is 3. The van der Waals surface area contributed by atoms with Crippen LogP contribution in [0.2, 0.25) is 0 Å². The van der Waals surface area contributed by atoms with E-state index < -0.39 is 0 Å². The Bertz CT molecular complexity index is 158. The van der Waals surface area contributed by atoms with Gasteiger partial charge in [-0.1, -0.05) is 12.8 Å². The standard InChI is InChI=1S/C12H26N2O/c1-3-15-9-8-14(2)12(10-13)11-6-4-5-7-11/h11-12H,3-10,13H2,1-2H3. The van der Waals surface area contributed by atoms with Gasteiger partial charge in [-0.2, -0.15) is 0 Å². The molecular weight excluding hydrogens is 188 g/mol. The van der Waals surface area contributed by atoms with Crippen molar-refractivity contribution < 1.29 is 4.74 Å². The van der Waals surface area contributed by atoms with Gasteiger partial charge >= 0.3 is 0 Å². The van der Waals surface area contributed by atoms with Crippen LogP contribution in [-0.2, 0) is 4.74 Å². The van der Waals surface area contributed by atoms with Crippen molar-refractivity contribution >= 4 is 0 Å². The molecule has 0 heterocycles. The van der Waals surface area contributed by atoms with Crippen molar-refractivity contribution in [2.45, 2.75) is 38.6 Å². The van der Waals surface area contributed by atoms with Crippen molar-refractivity contribution in [2.75, 3.05) is 33.4 Å². The molecule has 1 fully saturated rings. The van der Waals surface area contributed by atoms with E-state index in [-0.39, 0.29) is 0 Å². The topological polar surface area (TPSA) is 38.5 Å². The van der Waals surface area contributed by atoms with Gasteiger partial charge in [-0.3, -0.25) is 4.90 Å². The monoisotopic (exact) mass is 214 g/mol. The lowest BCUT2D eigenvalue weighted by atomic mass is 9.97. The van der Waals surface area contributed by atoms with Crippen LogP contribution in [0.5, 0.6) is 0 Å². The molecule has 0 aromatic heterocycles. The van der Waals surface area contributed by atoms with E-state index in [2.05, 4.69) is 11.9 Å². The molecule has 1 aliphatic carbocycles. The molecule has 0 aromatic carbocycles. The summed E-state index contributed by atoms with van der Waals surface area (Å²) in [6.07, 6.45) is 5.50.